The Hall–Kier alpha value is -2.01. The molecule has 4 rings (SSSR count). The average molecular weight is 385 g/mol. The van der Waals surface area contributed by atoms with Crippen molar-refractivity contribution in [1.82, 2.24) is 9.88 Å². The van der Waals surface area contributed by atoms with Crippen molar-refractivity contribution in [2.45, 2.75) is 39.0 Å². The molecular formula is C22H25ClN2O2. The highest BCUT2D eigenvalue weighted by Crippen LogP contribution is 2.41. The Morgan fingerprint density at radius 2 is 1.85 bits per heavy atom. The number of ether oxygens (including phenoxy) is 1. The number of phenols is 1. The normalized spacial score (nSPS) is 22.2. The van der Waals surface area contributed by atoms with Gasteiger partial charge in [0.15, 0.2) is 0 Å². The van der Waals surface area contributed by atoms with E-state index in [4.69, 9.17) is 16.3 Å². The van der Waals surface area contributed by atoms with Crippen LogP contribution in [0.5, 0.6) is 5.75 Å². The molecule has 1 saturated heterocycles. The number of hydrogen-bond acceptors (Lipinski definition) is 3. The fourth-order valence-electron chi connectivity index (χ4n) is 4.36. The van der Waals surface area contributed by atoms with Gasteiger partial charge in [-0.05, 0) is 45.0 Å². The van der Waals surface area contributed by atoms with Crippen molar-refractivity contribution in [2.24, 2.45) is 0 Å². The van der Waals surface area contributed by atoms with Gasteiger partial charge in [-0.2, -0.15) is 0 Å². The fourth-order valence-corrected chi connectivity index (χ4v) is 4.54. The molecule has 1 aromatic heterocycles. The summed E-state index contributed by atoms with van der Waals surface area (Å²) in [6.45, 7) is 7.87. The monoisotopic (exact) mass is 384 g/mol. The van der Waals surface area contributed by atoms with Crippen molar-refractivity contribution in [1.29, 1.82) is 0 Å². The molecule has 0 radical (unpaired) electrons. The molecule has 1 aliphatic heterocycles. The number of nitrogens with zero attached hydrogens (tertiary/aromatic N) is 1. The Kier molecular flexibility index (Phi) is 4.89. The second kappa shape index (κ2) is 7.19. The highest BCUT2D eigenvalue weighted by molar-refractivity contribution is 6.30. The van der Waals surface area contributed by atoms with Crippen LogP contribution >= 0.6 is 11.6 Å². The van der Waals surface area contributed by atoms with E-state index in [1.54, 1.807) is 12.1 Å². The summed E-state index contributed by atoms with van der Waals surface area (Å²) in [6, 6.07) is 13.5. The van der Waals surface area contributed by atoms with E-state index in [2.05, 4.69) is 48.9 Å². The average Bonchev–Trinajstić information content (AvgIpc) is 2.94. The molecule has 0 aliphatic carbocycles. The largest absolute Gasteiger partial charge is 0.508 e. The number of hydrogen-bond donors (Lipinski definition) is 2. The van der Waals surface area contributed by atoms with Gasteiger partial charge in [0.2, 0.25) is 0 Å². The Labute approximate surface area is 164 Å². The van der Waals surface area contributed by atoms with Crippen molar-refractivity contribution in [3.8, 4) is 5.75 Å². The summed E-state index contributed by atoms with van der Waals surface area (Å²) in [5, 5.41) is 12.5. The van der Waals surface area contributed by atoms with E-state index in [-0.39, 0.29) is 24.0 Å². The van der Waals surface area contributed by atoms with Crippen LogP contribution in [-0.2, 0) is 4.74 Å². The Morgan fingerprint density at radius 3 is 2.59 bits per heavy atom. The predicted octanol–water partition coefficient (Wildman–Crippen LogP) is 5.03. The number of nitrogens with one attached hydrogen (secondary N) is 1. The standard InChI is InChI=1S/C22H25ClN2O2/c1-13-11-25(12-14(2)27-13)22(18-10-16(23)8-9-20(18)26)21-15(3)24-19-7-5-4-6-17(19)21/h4-10,13-14,22,24,26H,11-12H2,1-3H3. The number of rotatable bonds is 3. The Morgan fingerprint density at radius 1 is 1.15 bits per heavy atom. The quantitative estimate of drug-likeness (QED) is 0.665. The van der Waals surface area contributed by atoms with Crippen molar-refractivity contribution >= 4 is 22.5 Å². The first-order valence-electron chi connectivity index (χ1n) is 9.39. The molecule has 3 aromatic rings. The van der Waals surface area contributed by atoms with E-state index in [1.807, 2.05) is 12.1 Å². The van der Waals surface area contributed by atoms with Crippen LogP contribution in [0.15, 0.2) is 42.5 Å². The number of para-hydroxylation sites is 1. The third-order valence-electron chi connectivity index (χ3n) is 5.31. The van der Waals surface area contributed by atoms with Gasteiger partial charge in [-0.3, -0.25) is 4.90 Å². The second-order valence-corrected chi connectivity index (χ2v) is 7.96. The summed E-state index contributed by atoms with van der Waals surface area (Å²) in [5.74, 6) is 0.265. The van der Waals surface area contributed by atoms with Gasteiger partial charge in [0.1, 0.15) is 5.75 Å². The maximum Gasteiger partial charge on any atom is 0.120 e. The topological polar surface area (TPSA) is 48.5 Å². The molecule has 0 saturated carbocycles. The Bertz CT molecular complexity index is 958. The van der Waals surface area contributed by atoms with Crippen molar-refractivity contribution < 1.29 is 9.84 Å². The summed E-state index contributed by atoms with van der Waals surface area (Å²) in [4.78, 5) is 5.90. The molecule has 5 heteroatoms. The zero-order valence-electron chi connectivity index (χ0n) is 15.9. The van der Waals surface area contributed by atoms with Crippen LogP contribution in [0, 0.1) is 6.92 Å². The molecule has 2 aromatic carbocycles. The van der Waals surface area contributed by atoms with Gasteiger partial charge in [0.05, 0.1) is 18.2 Å². The molecule has 0 amide bonds. The lowest BCUT2D eigenvalue weighted by Gasteiger charge is -2.41. The summed E-state index contributed by atoms with van der Waals surface area (Å²) in [6.07, 6.45) is 0.256. The number of fused-ring (bicyclic) bond motifs is 1. The van der Waals surface area contributed by atoms with Crippen LogP contribution in [0.4, 0.5) is 0 Å². The number of aromatic hydroxyl groups is 1. The molecule has 27 heavy (non-hydrogen) atoms. The number of H-pyrrole nitrogens is 1. The first-order chi connectivity index (χ1) is 12.9. The Balaban J connectivity index is 1.93. The number of aromatic amines is 1. The van der Waals surface area contributed by atoms with Gasteiger partial charge >= 0.3 is 0 Å². The number of benzene rings is 2. The molecule has 2 heterocycles. The maximum absolute atomic E-state index is 10.7. The van der Waals surface area contributed by atoms with E-state index >= 15 is 0 Å². The summed E-state index contributed by atoms with van der Waals surface area (Å²) < 4.78 is 5.95. The van der Waals surface area contributed by atoms with Crippen LogP contribution in [0.1, 0.15) is 36.7 Å². The lowest BCUT2D eigenvalue weighted by Crippen LogP contribution is -2.47. The van der Waals surface area contributed by atoms with E-state index in [0.29, 0.717) is 5.02 Å². The third-order valence-corrected chi connectivity index (χ3v) is 5.55. The number of aryl methyl sites for hydroxylation is 1. The van der Waals surface area contributed by atoms with Crippen LogP contribution in [0.3, 0.4) is 0 Å². The minimum Gasteiger partial charge on any atom is -0.508 e. The first-order valence-corrected chi connectivity index (χ1v) is 9.77. The smallest absolute Gasteiger partial charge is 0.120 e. The van der Waals surface area contributed by atoms with Crippen molar-refractivity contribution in [3.05, 3.63) is 64.3 Å². The number of halogens is 1. The van der Waals surface area contributed by atoms with E-state index < -0.39 is 0 Å². The lowest BCUT2D eigenvalue weighted by atomic mass is 9.92. The van der Waals surface area contributed by atoms with Gasteiger partial charge in [0.25, 0.3) is 0 Å². The highest BCUT2D eigenvalue weighted by Gasteiger charge is 2.33. The predicted molar refractivity (Wildman–Crippen MR) is 110 cm³/mol. The molecule has 3 atom stereocenters. The van der Waals surface area contributed by atoms with Crippen LogP contribution in [0.25, 0.3) is 10.9 Å². The summed E-state index contributed by atoms with van der Waals surface area (Å²) in [7, 11) is 0. The SMILES string of the molecule is Cc1[nH]c2ccccc2c1C(c1cc(Cl)ccc1O)N1CC(C)OC(C)C1. The zero-order valence-corrected chi connectivity index (χ0v) is 16.6. The van der Waals surface area contributed by atoms with Crippen LogP contribution < -0.4 is 0 Å². The molecular weight excluding hydrogens is 360 g/mol. The molecule has 2 N–H and O–H groups in total. The minimum absolute atomic E-state index is 0.103. The van der Waals surface area contributed by atoms with E-state index in [0.717, 1.165) is 29.9 Å². The van der Waals surface area contributed by atoms with Gasteiger partial charge < -0.3 is 14.8 Å². The molecule has 1 fully saturated rings. The fraction of sp³-hybridized carbons (Fsp3) is 0.364. The number of morpholine rings is 1. The second-order valence-electron chi connectivity index (χ2n) is 7.53. The van der Waals surface area contributed by atoms with Crippen LogP contribution in [0.2, 0.25) is 5.02 Å². The molecule has 3 unspecified atom stereocenters. The van der Waals surface area contributed by atoms with Crippen LogP contribution in [-0.4, -0.2) is 40.3 Å². The van der Waals surface area contributed by atoms with Crippen molar-refractivity contribution in [3.63, 3.8) is 0 Å². The first kappa shape index (κ1) is 18.4. The van der Waals surface area contributed by atoms with Crippen molar-refractivity contribution in [2.75, 3.05) is 13.1 Å². The van der Waals surface area contributed by atoms with Gasteiger partial charge in [-0.1, -0.05) is 29.8 Å². The maximum atomic E-state index is 10.7. The summed E-state index contributed by atoms with van der Waals surface area (Å²) >= 11 is 6.31. The molecule has 4 nitrogen and oxygen atoms in total. The minimum atomic E-state index is -0.103. The zero-order chi connectivity index (χ0) is 19.1. The van der Waals surface area contributed by atoms with Gasteiger partial charge in [-0.25, -0.2) is 0 Å². The van der Waals surface area contributed by atoms with Gasteiger partial charge in [0, 0.05) is 45.8 Å². The number of aromatic nitrogens is 1. The lowest BCUT2D eigenvalue weighted by molar-refractivity contribution is -0.0766. The number of phenolic OH excluding ortho intramolecular Hbond substituents is 1. The van der Waals surface area contributed by atoms with E-state index in [1.165, 1.54) is 10.9 Å². The van der Waals surface area contributed by atoms with Gasteiger partial charge in [-0.15, -0.1) is 0 Å². The molecule has 1 aliphatic rings. The molecule has 142 valence electrons. The highest BCUT2D eigenvalue weighted by atomic mass is 35.5. The summed E-state index contributed by atoms with van der Waals surface area (Å²) in [5.41, 5.74) is 4.22. The van der Waals surface area contributed by atoms with E-state index in [9.17, 15) is 5.11 Å². The third kappa shape index (κ3) is 3.45. The molecule has 0 bridgehead atoms. The molecule has 0 spiro atoms.